The van der Waals surface area contributed by atoms with E-state index in [0.717, 1.165) is 36.7 Å². The van der Waals surface area contributed by atoms with Crippen molar-refractivity contribution >= 4 is 29.9 Å². The lowest BCUT2D eigenvalue weighted by atomic mass is 10.1. The van der Waals surface area contributed by atoms with E-state index >= 15 is 0 Å². The molecule has 2 rings (SSSR count). The van der Waals surface area contributed by atoms with Crippen LogP contribution in [0.2, 0.25) is 0 Å². The van der Waals surface area contributed by atoms with Crippen LogP contribution in [0.25, 0.3) is 0 Å². The third kappa shape index (κ3) is 6.41. The van der Waals surface area contributed by atoms with Crippen LogP contribution < -0.4 is 15.4 Å². The maximum Gasteiger partial charge on any atom is 0.191 e. The molecule has 0 saturated heterocycles. The number of nitrogens with zero attached hydrogens (tertiary/aromatic N) is 1. The summed E-state index contributed by atoms with van der Waals surface area (Å²) in [4.78, 5) is 4.69. The summed E-state index contributed by atoms with van der Waals surface area (Å²) in [6.45, 7) is 8.40. The zero-order valence-electron chi connectivity index (χ0n) is 14.3. The predicted molar refractivity (Wildman–Crippen MR) is 108 cm³/mol. The summed E-state index contributed by atoms with van der Waals surface area (Å²) in [6, 6.07) is 6.74. The molecule has 128 valence electrons. The summed E-state index contributed by atoms with van der Waals surface area (Å²) in [5.41, 5.74) is 2.36. The molecule has 0 saturated carbocycles. The Hall–Kier alpha value is -1.24. The zero-order valence-corrected chi connectivity index (χ0v) is 16.6. The topological polar surface area (TPSA) is 45.7 Å². The van der Waals surface area contributed by atoms with Gasteiger partial charge in [0, 0.05) is 12.6 Å². The van der Waals surface area contributed by atoms with Crippen molar-refractivity contribution < 1.29 is 4.74 Å². The zero-order chi connectivity index (χ0) is 15.8. The minimum atomic E-state index is 0. The summed E-state index contributed by atoms with van der Waals surface area (Å²) >= 11 is 0. The minimum Gasteiger partial charge on any atom is -0.494 e. The van der Waals surface area contributed by atoms with Gasteiger partial charge in [-0.05, 0) is 50.8 Å². The molecule has 0 heterocycles. The molecule has 2 N–H and O–H groups in total. The molecule has 0 aromatic heterocycles. The van der Waals surface area contributed by atoms with Gasteiger partial charge in [0.05, 0.1) is 13.2 Å². The fourth-order valence-corrected chi connectivity index (χ4v) is 2.55. The van der Waals surface area contributed by atoms with Gasteiger partial charge in [0.25, 0.3) is 0 Å². The summed E-state index contributed by atoms with van der Waals surface area (Å²) in [7, 11) is 0. The van der Waals surface area contributed by atoms with Crippen molar-refractivity contribution in [3.63, 3.8) is 0 Å². The Morgan fingerprint density at radius 2 is 2.00 bits per heavy atom. The Morgan fingerprint density at radius 3 is 2.61 bits per heavy atom. The first kappa shape index (κ1) is 19.8. The standard InChI is InChI=1S/C18H27N3O.HI/c1-4-19-18(21-16-8-6-7-9-16)20-13-15-10-11-17(22-5-2)14(3)12-15;/h6-7,10-12,16H,4-5,8-9,13H2,1-3H3,(H2,19,20,21);1H. The van der Waals surface area contributed by atoms with Crippen molar-refractivity contribution in [2.24, 2.45) is 4.99 Å². The van der Waals surface area contributed by atoms with E-state index < -0.39 is 0 Å². The predicted octanol–water partition coefficient (Wildman–Crippen LogP) is 3.79. The molecule has 4 nitrogen and oxygen atoms in total. The van der Waals surface area contributed by atoms with Gasteiger partial charge < -0.3 is 15.4 Å². The molecule has 1 aliphatic rings. The summed E-state index contributed by atoms with van der Waals surface area (Å²) in [5, 5.41) is 6.80. The Labute approximate surface area is 156 Å². The third-order valence-electron chi connectivity index (χ3n) is 3.65. The van der Waals surface area contributed by atoms with Crippen LogP contribution in [0.5, 0.6) is 5.75 Å². The average Bonchev–Trinajstić information content (AvgIpc) is 3.01. The molecule has 0 radical (unpaired) electrons. The first-order valence-electron chi connectivity index (χ1n) is 8.15. The number of hydrogen-bond donors (Lipinski definition) is 2. The number of guanidine groups is 1. The fourth-order valence-electron chi connectivity index (χ4n) is 2.55. The lowest BCUT2D eigenvalue weighted by Gasteiger charge is -2.16. The molecule has 0 amide bonds. The fraction of sp³-hybridized carbons (Fsp3) is 0.500. The van der Waals surface area contributed by atoms with Crippen molar-refractivity contribution in [2.75, 3.05) is 13.2 Å². The number of aliphatic imine (C=N–C) groups is 1. The summed E-state index contributed by atoms with van der Waals surface area (Å²) in [6.07, 6.45) is 6.59. The van der Waals surface area contributed by atoms with Crippen LogP contribution in [0.1, 0.15) is 37.8 Å². The quantitative estimate of drug-likeness (QED) is 0.313. The van der Waals surface area contributed by atoms with Gasteiger partial charge in [-0.1, -0.05) is 24.3 Å². The highest BCUT2D eigenvalue weighted by atomic mass is 127. The van der Waals surface area contributed by atoms with Gasteiger partial charge in [-0.3, -0.25) is 0 Å². The Morgan fingerprint density at radius 1 is 1.26 bits per heavy atom. The molecule has 1 aromatic carbocycles. The highest BCUT2D eigenvalue weighted by Crippen LogP contribution is 2.19. The van der Waals surface area contributed by atoms with Crippen LogP contribution in [0.15, 0.2) is 35.3 Å². The molecule has 0 aliphatic heterocycles. The van der Waals surface area contributed by atoms with E-state index in [4.69, 9.17) is 4.74 Å². The number of rotatable bonds is 6. The van der Waals surface area contributed by atoms with Crippen molar-refractivity contribution in [3.8, 4) is 5.75 Å². The van der Waals surface area contributed by atoms with Crippen LogP contribution in [0, 0.1) is 6.92 Å². The van der Waals surface area contributed by atoms with Crippen molar-refractivity contribution in [1.29, 1.82) is 0 Å². The number of hydrogen-bond acceptors (Lipinski definition) is 2. The number of benzene rings is 1. The highest BCUT2D eigenvalue weighted by molar-refractivity contribution is 14.0. The van der Waals surface area contributed by atoms with Gasteiger partial charge in [0.2, 0.25) is 0 Å². The van der Waals surface area contributed by atoms with E-state index in [0.29, 0.717) is 19.2 Å². The van der Waals surface area contributed by atoms with Gasteiger partial charge in [-0.2, -0.15) is 0 Å². The second-order valence-electron chi connectivity index (χ2n) is 5.51. The minimum absolute atomic E-state index is 0. The number of nitrogens with one attached hydrogen (secondary N) is 2. The second-order valence-corrected chi connectivity index (χ2v) is 5.51. The normalized spacial score (nSPS) is 14.5. The lowest BCUT2D eigenvalue weighted by molar-refractivity contribution is 0.338. The molecule has 5 heteroatoms. The van der Waals surface area contributed by atoms with Crippen LogP contribution >= 0.6 is 24.0 Å². The van der Waals surface area contributed by atoms with Crippen LogP contribution in [0.3, 0.4) is 0 Å². The number of halogens is 1. The van der Waals surface area contributed by atoms with E-state index in [2.05, 4.69) is 53.8 Å². The Balaban J connectivity index is 0.00000264. The highest BCUT2D eigenvalue weighted by Gasteiger charge is 2.11. The van der Waals surface area contributed by atoms with Crippen LogP contribution in [0.4, 0.5) is 0 Å². The van der Waals surface area contributed by atoms with Crippen molar-refractivity contribution in [1.82, 2.24) is 10.6 Å². The van der Waals surface area contributed by atoms with Gasteiger partial charge in [0.15, 0.2) is 5.96 Å². The largest absolute Gasteiger partial charge is 0.494 e. The lowest BCUT2D eigenvalue weighted by Crippen LogP contribution is -2.42. The molecule has 0 atom stereocenters. The van der Waals surface area contributed by atoms with Crippen molar-refractivity contribution in [3.05, 3.63) is 41.5 Å². The number of aryl methyl sites for hydroxylation is 1. The molecule has 1 aliphatic carbocycles. The first-order chi connectivity index (χ1) is 10.7. The monoisotopic (exact) mass is 429 g/mol. The smallest absolute Gasteiger partial charge is 0.191 e. The third-order valence-corrected chi connectivity index (χ3v) is 3.65. The van der Waals surface area contributed by atoms with E-state index in [-0.39, 0.29) is 24.0 Å². The van der Waals surface area contributed by atoms with Gasteiger partial charge in [-0.15, -0.1) is 24.0 Å². The van der Waals surface area contributed by atoms with Gasteiger partial charge in [0.1, 0.15) is 5.75 Å². The van der Waals surface area contributed by atoms with E-state index in [1.54, 1.807) is 0 Å². The molecular weight excluding hydrogens is 401 g/mol. The molecular formula is C18H28IN3O. The average molecular weight is 429 g/mol. The SMILES string of the molecule is CCNC(=NCc1ccc(OCC)c(C)c1)NC1CC=CC1.I. The first-order valence-corrected chi connectivity index (χ1v) is 8.15. The van der Waals surface area contributed by atoms with Crippen LogP contribution in [-0.2, 0) is 6.54 Å². The van der Waals surface area contributed by atoms with E-state index in [1.165, 1.54) is 5.56 Å². The Bertz CT molecular complexity index is 535. The molecule has 1 aromatic rings. The molecule has 0 spiro atoms. The summed E-state index contributed by atoms with van der Waals surface area (Å²) in [5.74, 6) is 1.85. The molecule has 0 bridgehead atoms. The Kier molecular flexibility index (Phi) is 9.06. The van der Waals surface area contributed by atoms with Crippen LogP contribution in [-0.4, -0.2) is 25.2 Å². The second kappa shape index (κ2) is 10.5. The van der Waals surface area contributed by atoms with E-state index in [1.807, 2.05) is 13.0 Å². The molecule has 0 unspecified atom stereocenters. The van der Waals surface area contributed by atoms with Gasteiger partial charge in [-0.25, -0.2) is 4.99 Å². The summed E-state index contributed by atoms with van der Waals surface area (Å²) < 4.78 is 5.58. The number of ether oxygens (including phenoxy) is 1. The van der Waals surface area contributed by atoms with Gasteiger partial charge >= 0.3 is 0 Å². The van der Waals surface area contributed by atoms with E-state index in [9.17, 15) is 0 Å². The molecule has 0 fully saturated rings. The van der Waals surface area contributed by atoms with Crippen molar-refractivity contribution in [2.45, 2.75) is 46.2 Å². The maximum absolute atomic E-state index is 5.58. The maximum atomic E-state index is 5.58. The molecule has 23 heavy (non-hydrogen) atoms.